The standard InChI is InChI=1S/C12H16N2O2/c13-12(15)16-11-6-2-1-5-10(11)9-4-3-7-14-8-9/h1-2,5-6,9,14H,3-4,7-8H2,(H2,13,15). The Bertz CT molecular complexity index is 373. The second kappa shape index (κ2) is 4.99. The number of nitrogens with one attached hydrogen (secondary N) is 1. The highest BCUT2D eigenvalue weighted by Gasteiger charge is 2.19. The molecule has 1 fully saturated rings. The van der Waals surface area contributed by atoms with Gasteiger partial charge in [0, 0.05) is 12.5 Å². The maximum absolute atomic E-state index is 10.8. The molecule has 86 valence electrons. The summed E-state index contributed by atoms with van der Waals surface area (Å²) in [4.78, 5) is 10.8. The molecule has 2 rings (SSSR count). The number of piperidine rings is 1. The lowest BCUT2D eigenvalue weighted by molar-refractivity contribution is 0.210. The van der Waals surface area contributed by atoms with Crippen LogP contribution in [0.5, 0.6) is 5.75 Å². The van der Waals surface area contributed by atoms with Gasteiger partial charge >= 0.3 is 6.09 Å². The zero-order chi connectivity index (χ0) is 11.4. The smallest absolute Gasteiger partial charge is 0.409 e. The normalized spacial score (nSPS) is 20.4. The lowest BCUT2D eigenvalue weighted by Gasteiger charge is -2.24. The van der Waals surface area contributed by atoms with Gasteiger partial charge in [0.25, 0.3) is 0 Å². The molecule has 1 heterocycles. The molecule has 0 bridgehead atoms. The first-order valence-electron chi connectivity index (χ1n) is 5.54. The minimum Gasteiger partial charge on any atom is -0.410 e. The van der Waals surface area contributed by atoms with Crippen LogP contribution in [0.1, 0.15) is 24.3 Å². The van der Waals surface area contributed by atoms with Crippen molar-refractivity contribution in [2.24, 2.45) is 5.73 Å². The van der Waals surface area contributed by atoms with Crippen molar-refractivity contribution in [1.82, 2.24) is 5.32 Å². The van der Waals surface area contributed by atoms with Gasteiger partial charge in [-0.25, -0.2) is 4.79 Å². The average molecular weight is 220 g/mol. The summed E-state index contributed by atoms with van der Waals surface area (Å²) in [6.45, 7) is 1.99. The first-order chi connectivity index (χ1) is 7.77. The molecule has 1 amide bonds. The first-order valence-corrected chi connectivity index (χ1v) is 5.54. The quantitative estimate of drug-likeness (QED) is 0.795. The summed E-state index contributed by atoms with van der Waals surface area (Å²) < 4.78 is 5.01. The summed E-state index contributed by atoms with van der Waals surface area (Å²) in [5, 5.41) is 3.34. The number of primary amides is 1. The summed E-state index contributed by atoms with van der Waals surface area (Å²) in [5.41, 5.74) is 6.11. The molecule has 1 aromatic carbocycles. The van der Waals surface area contributed by atoms with Crippen molar-refractivity contribution in [2.75, 3.05) is 13.1 Å². The lowest BCUT2D eigenvalue weighted by Crippen LogP contribution is -2.29. The van der Waals surface area contributed by atoms with Crippen LogP contribution in [-0.2, 0) is 0 Å². The highest BCUT2D eigenvalue weighted by atomic mass is 16.5. The highest BCUT2D eigenvalue weighted by Crippen LogP contribution is 2.30. The SMILES string of the molecule is NC(=O)Oc1ccccc1C1CCCNC1. The summed E-state index contributed by atoms with van der Waals surface area (Å²) in [6.07, 6.45) is 1.51. The van der Waals surface area contributed by atoms with E-state index in [1.165, 1.54) is 0 Å². The van der Waals surface area contributed by atoms with Crippen LogP contribution in [0.4, 0.5) is 4.79 Å². The zero-order valence-corrected chi connectivity index (χ0v) is 9.11. The third-order valence-electron chi connectivity index (χ3n) is 2.87. The van der Waals surface area contributed by atoms with Crippen molar-refractivity contribution in [3.63, 3.8) is 0 Å². The molecule has 1 saturated heterocycles. The molecule has 1 aromatic rings. The predicted octanol–water partition coefficient (Wildman–Crippen LogP) is 1.61. The van der Waals surface area contributed by atoms with Crippen molar-refractivity contribution in [2.45, 2.75) is 18.8 Å². The Kier molecular flexibility index (Phi) is 3.41. The zero-order valence-electron chi connectivity index (χ0n) is 9.11. The number of ether oxygens (including phenoxy) is 1. The molecule has 0 radical (unpaired) electrons. The van der Waals surface area contributed by atoms with Gasteiger partial charge in [0.15, 0.2) is 0 Å². The predicted molar refractivity (Wildman–Crippen MR) is 61.5 cm³/mol. The van der Waals surface area contributed by atoms with E-state index in [4.69, 9.17) is 10.5 Å². The van der Waals surface area contributed by atoms with Gasteiger partial charge < -0.3 is 15.8 Å². The van der Waals surface area contributed by atoms with Crippen LogP contribution >= 0.6 is 0 Å². The van der Waals surface area contributed by atoms with Gasteiger partial charge in [-0.2, -0.15) is 0 Å². The molecule has 1 atom stereocenters. The van der Waals surface area contributed by atoms with E-state index in [0.29, 0.717) is 11.7 Å². The van der Waals surface area contributed by atoms with Crippen molar-refractivity contribution in [3.05, 3.63) is 29.8 Å². The number of amides is 1. The highest BCUT2D eigenvalue weighted by molar-refractivity contribution is 5.68. The summed E-state index contributed by atoms with van der Waals surface area (Å²) in [7, 11) is 0. The van der Waals surface area contributed by atoms with Crippen LogP contribution in [0, 0.1) is 0 Å². The van der Waals surface area contributed by atoms with Crippen LogP contribution in [0.15, 0.2) is 24.3 Å². The van der Waals surface area contributed by atoms with E-state index in [1.807, 2.05) is 18.2 Å². The van der Waals surface area contributed by atoms with E-state index in [2.05, 4.69) is 5.32 Å². The van der Waals surface area contributed by atoms with E-state index in [0.717, 1.165) is 31.5 Å². The summed E-state index contributed by atoms with van der Waals surface area (Å²) >= 11 is 0. The van der Waals surface area contributed by atoms with Crippen LogP contribution in [0.3, 0.4) is 0 Å². The molecule has 1 aliphatic rings. The Morgan fingerprint density at radius 2 is 2.25 bits per heavy atom. The van der Waals surface area contributed by atoms with Gasteiger partial charge in [0.1, 0.15) is 5.75 Å². The third-order valence-corrected chi connectivity index (χ3v) is 2.87. The maximum Gasteiger partial charge on any atom is 0.409 e. The van der Waals surface area contributed by atoms with E-state index >= 15 is 0 Å². The fourth-order valence-electron chi connectivity index (χ4n) is 2.14. The fraction of sp³-hybridized carbons (Fsp3) is 0.417. The Morgan fingerprint density at radius 3 is 2.94 bits per heavy atom. The monoisotopic (exact) mass is 220 g/mol. The number of rotatable bonds is 2. The van der Waals surface area contributed by atoms with Gasteiger partial charge in [-0.1, -0.05) is 18.2 Å². The van der Waals surface area contributed by atoms with Crippen molar-refractivity contribution >= 4 is 6.09 Å². The van der Waals surface area contributed by atoms with Gasteiger partial charge in [0.05, 0.1) is 0 Å². The van der Waals surface area contributed by atoms with Crippen molar-refractivity contribution in [1.29, 1.82) is 0 Å². The van der Waals surface area contributed by atoms with Crippen LogP contribution in [0.2, 0.25) is 0 Å². The van der Waals surface area contributed by atoms with Gasteiger partial charge in [-0.15, -0.1) is 0 Å². The first kappa shape index (κ1) is 11.0. The fourth-order valence-corrected chi connectivity index (χ4v) is 2.14. The molecule has 1 aliphatic heterocycles. The number of benzene rings is 1. The number of nitrogens with two attached hydrogens (primary N) is 1. The molecule has 16 heavy (non-hydrogen) atoms. The van der Waals surface area contributed by atoms with Gasteiger partial charge in [-0.05, 0) is 31.0 Å². The molecular formula is C12H16N2O2. The number of hydrogen-bond acceptors (Lipinski definition) is 3. The van der Waals surface area contributed by atoms with Crippen LogP contribution in [0.25, 0.3) is 0 Å². The summed E-state index contributed by atoms with van der Waals surface area (Å²) in [6, 6.07) is 7.58. The van der Waals surface area contributed by atoms with E-state index in [1.54, 1.807) is 6.07 Å². The largest absolute Gasteiger partial charge is 0.410 e. The second-order valence-corrected chi connectivity index (χ2v) is 4.00. The number of carbonyl (C=O) groups excluding carboxylic acids is 1. The minimum absolute atomic E-state index is 0.407. The third kappa shape index (κ3) is 2.52. The molecule has 3 N–H and O–H groups in total. The lowest BCUT2D eigenvalue weighted by atomic mass is 9.91. The van der Waals surface area contributed by atoms with Crippen molar-refractivity contribution in [3.8, 4) is 5.75 Å². The molecule has 4 heteroatoms. The molecule has 0 aliphatic carbocycles. The molecule has 0 saturated carbocycles. The van der Waals surface area contributed by atoms with Crippen LogP contribution in [-0.4, -0.2) is 19.2 Å². The summed E-state index contributed by atoms with van der Waals surface area (Å²) in [5.74, 6) is 0.994. The number of para-hydroxylation sites is 1. The van der Waals surface area contributed by atoms with Gasteiger partial charge in [-0.3, -0.25) is 0 Å². The number of carbonyl (C=O) groups is 1. The van der Waals surface area contributed by atoms with Crippen molar-refractivity contribution < 1.29 is 9.53 Å². The van der Waals surface area contributed by atoms with Gasteiger partial charge in [0.2, 0.25) is 0 Å². The Morgan fingerprint density at radius 1 is 1.44 bits per heavy atom. The van der Waals surface area contributed by atoms with Crippen LogP contribution < -0.4 is 15.8 Å². The Balaban J connectivity index is 2.20. The average Bonchev–Trinajstić information content (AvgIpc) is 2.30. The maximum atomic E-state index is 10.8. The molecule has 0 spiro atoms. The molecule has 0 aromatic heterocycles. The van der Waals surface area contributed by atoms with E-state index in [9.17, 15) is 4.79 Å². The molecule has 1 unspecified atom stereocenters. The topological polar surface area (TPSA) is 64.4 Å². The Labute approximate surface area is 94.8 Å². The molecule has 4 nitrogen and oxygen atoms in total. The minimum atomic E-state index is -0.754. The van der Waals surface area contributed by atoms with E-state index in [-0.39, 0.29) is 0 Å². The van der Waals surface area contributed by atoms with E-state index < -0.39 is 6.09 Å². The molecular weight excluding hydrogens is 204 g/mol. The Hall–Kier alpha value is -1.55. The number of hydrogen-bond donors (Lipinski definition) is 2. The second-order valence-electron chi connectivity index (χ2n) is 4.00.